The van der Waals surface area contributed by atoms with Crippen molar-refractivity contribution in [3.8, 4) is 11.5 Å². The molecule has 0 aromatic heterocycles. The largest absolute Gasteiger partial charge is 0.497 e. The summed E-state index contributed by atoms with van der Waals surface area (Å²) < 4.78 is 10.7. The predicted octanol–water partition coefficient (Wildman–Crippen LogP) is 4.43. The summed E-state index contributed by atoms with van der Waals surface area (Å²) in [6.45, 7) is 7.53. The minimum Gasteiger partial charge on any atom is -0.497 e. The van der Waals surface area contributed by atoms with Crippen molar-refractivity contribution < 1.29 is 14.3 Å². The van der Waals surface area contributed by atoms with E-state index >= 15 is 0 Å². The van der Waals surface area contributed by atoms with Crippen molar-refractivity contribution in [1.82, 2.24) is 10.2 Å². The van der Waals surface area contributed by atoms with Crippen molar-refractivity contribution in [3.63, 3.8) is 0 Å². The Morgan fingerprint density at radius 1 is 1.17 bits per heavy atom. The number of nitrogens with zero attached hydrogens (tertiary/aromatic N) is 1. The molecule has 2 aromatic carbocycles. The second kappa shape index (κ2) is 9.79. The minimum atomic E-state index is -0.206. The second-order valence-electron chi connectivity index (χ2n) is 7.98. The second-order valence-corrected chi connectivity index (χ2v) is 7.98. The van der Waals surface area contributed by atoms with Crippen LogP contribution < -0.4 is 14.8 Å². The van der Waals surface area contributed by atoms with Gasteiger partial charge in [-0.2, -0.15) is 0 Å². The summed E-state index contributed by atoms with van der Waals surface area (Å²) in [6.07, 6.45) is 2.60. The fraction of sp³-hybridized carbons (Fsp3) is 0.458. The summed E-state index contributed by atoms with van der Waals surface area (Å²) in [5, 5.41) is 3.06. The van der Waals surface area contributed by atoms with Gasteiger partial charge in [-0.15, -0.1) is 0 Å². The van der Waals surface area contributed by atoms with Crippen molar-refractivity contribution in [1.29, 1.82) is 0 Å². The summed E-state index contributed by atoms with van der Waals surface area (Å²) in [5.74, 6) is 2.13. The van der Waals surface area contributed by atoms with E-state index in [0.29, 0.717) is 5.56 Å². The van der Waals surface area contributed by atoms with Crippen LogP contribution in [0.15, 0.2) is 42.5 Å². The predicted molar refractivity (Wildman–Crippen MR) is 116 cm³/mol. The Bertz CT molecular complexity index is 819. The molecule has 1 saturated heterocycles. The highest BCUT2D eigenvalue weighted by molar-refractivity contribution is 5.94. The summed E-state index contributed by atoms with van der Waals surface area (Å²) in [5.41, 5.74) is 2.80. The van der Waals surface area contributed by atoms with E-state index in [2.05, 4.69) is 29.3 Å². The lowest BCUT2D eigenvalue weighted by Crippen LogP contribution is -2.33. The van der Waals surface area contributed by atoms with Crippen LogP contribution in [0.3, 0.4) is 0 Å². The summed E-state index contributed by atoms with van der Waals surface area (Å²) in [6, 6.07) is 13.3. The number of nitrogens with one attached hydrogen (secondary N) is 1. The maximum Gasteiger partial charge on any atom is 0.251 e. The molecule has 0 unspecified atom stereocenters. The molecule has 1 heterocycles. The SMILES string of the molecule is COc1ccc(OC)c([C@H](C)NC(=O)c2ccc(CN3CCC[C@@H](C)C3)cc2)c1. The Morgan fingerprint density at radius 3 is 2.59 bits per heavy atom. The third kappa shape index (κ3) is 5.51. The molecule has 5 nitrogen and oxygen atoms in total. The van der Waals surface area contributed by atoms with E-state index in [-0.39, 0.29) is 11.9 Å². The van der Waals surface area contributed by atoms with Gasteiger partial charge in [-0.1, -0.05) is 19.1 Å². The highest BCUT2D eigenvalue weighted by atomic mass is 16.5. The van der Waals surface area contributed by atoms with Crippen LogP contribution in [0.25, 0.3) is 0 Å². The van der Waals surface area contributed by atoms with Gasteiger partial charge in [-0.3, -0.25) is 9.69 Å². The molecule has 29 heavy (non-hydrogen) atoms. The zero-order chi connectivity index (χ0) is 20.8. The van der Waals surface area contributed by atoms with E-state index in [1.807, 2.05) is 37.3 Å². The fourth-order valence-electron chi connectivity index (χ4n) is 3.99. The summed E-state index contributed by atoms with van der Waals surface area (Å²) in [7, 11) is 3.25. The number of ether oxygens (including phenoxy) is 2. The first-order valence-corrected chi connectivity index (χ1v) is 10.3. The van der Waals surface area contributed by atoms with Crippen molar-refractivity contribution in [2.24, 2.45) is 5.92 Å². The van der Waals surface area contributed by atoms with Crippen LogP contribution in [0.5, 0.6) is 11.5 Å². The molecular weight excluding hydrogens is 364 g/mol. The van der Waals surface area contributed by atoms with Crippen molar-refractivity contribution in [3.05, 3.63) is 59.2 Å². The minimum absolute atomic E-state index is 0.0967. The van der Waals surface area contributed by atoms with Crippen LogP contribution >= 0.6 is 0 Å². The third-order valence-electron chi connectivity index (χ3n) is 5.61. The molecule has 5 heteroatoms. The molecule has 2 atom stereocenters. The lowest BCUT2D eigenvalue weighted by Gasteiger charge is -2.30. The lowest BCUT2D eigenvalue weighted by molar-refractivity contribution is 0.0939. The molecule has 1 amide bonds. The number of rotatable bonds is 7. The van der Waals surface area contributed by atoms with Crippen LogP contribution in [0.1, 0.15) is 54.2 Å². The molecule has 1 N–H and O–H groups in total. The molecule has 2 aromatic rings. The Morgan fingerprint density at radius 2 is 1.93 bits per heavy atom. The first-order valence-electron chi connectivity index (χ1n) is 10.3. The quantitative estimate of drug-likeness (QED) is 0.752. The Labute approximate surface area is 174 Å². The zero-order valence-corrected chi connectivity index (χ0v) is 17.9. The Hall–Kier alpha value is -2.53. The molecule has 3 rings (SSSR count). The first-order chi connectivity index (χ1) is 14.0. The first kappa shape index (κ1) is 21.2. The van der Waals surface area contributed by atoms with E-state index in [1.165, 1.54) is 18.4 Å². The maximum absolute atomic E-state index is 12.7. The van der Waals surface area contributed by atoms with Crippen LogP contribution in [0.2, 0.25) is 0 Å². The number of benzene rings is 2. The number of methoxy groups -OCH3 is 2. The van der Waals surface area contributed by atoms with Gasteiger partial charge in [0.05, 0.1) is 20.3 Å². The van der Waals surface area contributed by atoms with Crippen molar-refractivity contribution in [2.45, 2.75) is 39.3 Å². The third-order valence-corrected chi connectivity index (χ3v) is 5.61. The normalized spacial score (nSPS) is 18.1. The van der Waals surface area contributed by atoms with Gasteiger partial charge in [-0.05, 0) is 68.1 Å². The van der Waals surface area contributed by atoms with Gasteiger partial charge in [-0.25, -0.2) is 0 Å². The van der Waals surface area contributed by atoms with Gasteiger partial charge in [0.2, 0.25) is 0 Å². The van der Waals surface area contributed by atoms with Crippen molar-refractivity contribution >= 4 is 5.91 Å². The number of piperidine rings is 1. The molecule has 0 aliphatic carbocycles. The topological polar surface area (TPSA) is 50.8 Å². The van der Waals surface area contributed by atoms with E-state index in [0.717, 1.165) is 42.6 Å². The van der Waals surface area contributed by atoms with Crippen LogP contribution in [0, 0.1) is 5.92 Å². The Balaban J connectivity index is 1.63. The molecule has 1 fully saturated rings. The van der Waals surface area contributed by atoms with Crippen LogP contribution in [-0.2, 0) is 6.54 Å². The summed E-state index contributed by atoms with van der Waals surface area (Å²) in [4.78, 5) is 15.2. The molecule has 1 aliphatic rings. The average Bonchev–Trinajstić information content (AvgIpc) is 2.73. The monoisotopic (exact) mass is 396 g/mol. The number of carbonyl (C=O) groups is 1. The molecule has 0 radical (unpaired) electrons. The number of amides is 1. The van der Waals surface area contributed by atoms with Gasteiger partial charge in [0.25, 0.3) is 5.91 Å². The van der Waals surface area contributed by atoms with E-state index < -0.39 is 0 Å². The Kier molecular flexibility index (Phi) is 7.15. The van der Waals surface area contributed by atoms with Gasteiger partial charge < -0.3 is 14.8 Å². The van der Waals surface area contributed by atoms with Crippen LogP contribution in [-0.4, -0.2) is 38.1 Å². The van der Waals surface area contributed by atoms with E-state index in [9.17, 15) is 4.79 Å². The summed E-state index contributed by atoms with van der Waals surface area (Å²) >= 11 is 0. The van der Waals surface area contributed by atoms with Gasteiger partial charge in [0, 0.05) is 24.2 Å². The van der Waals surface area contributed by atoms with Crippen molar-refractivity contribution in [2.75, 3.05) is 27.3 Å². The number of likely N-dealkylation sites (tertiary alicyclic amines) is 1. The molecule has 0 saturated carbocycles. The highest BCUT2D eigenvalue weighted by Gasteiger charge is 2.18. The lowest BCUT2D eigenvalue weighted by atomic mass is 9.99. The zero-order valence-electron chi connectivity index (χ0n) is 17.9. The average molecular weight is 397 g/mol. The van der Waals surface area contributed by atoms with Gasteiger partial charge in [0.15, 0.2) is 0 Å². The molecule has 0 bridgehead atoms. The van der Waals surface area contributed by atoms with E-state index in [4.69, 9.17) is 9.47 Å². The smallest absolute Gasteiger partial charge is 0.251 e. The number of carbonyl (C=O) groups excluding carboxylic acids is 1. The molecule has 0 spiro atoms. The fourth-order valence-corrected chi connectivity index (χ4v) is 3.99. The van der Waals surface area contributed by atoms with Gasteiger partial charge >= 0.3 is 0 Å². The maximum atomic E-state index is 12.7. The van der Waals surface area contributed by atoms with Crippen LogP contribution in [0.4, 0.5) is 0 Å². The van der Waals surface area contributed by atoms with Gasteiger partial charge in [0.1, 0.15) is 11.5 Å². The highest BCUT2D eigenvalue weighted by Crippen LogP contribution is 2.29. The number of hydrogen-bond acceptors (Lipinski definition) is 4. The number of hydrogen-bond donors (Lipinski definition) is 1. The van der Waals surface area contributed by atoms with E-state index in [1.54, 1.807) is 14.2 Å². The standard InChI is InChI=1S/C24H32N2O3/c1-17-6-5-13-26(15-17)16-19-7-9-20(10-8-19)24(27)25-18(2)22-14-21(28-3)11-12-23(22)29-4/h7-12,14,17-18H,5-6,13,15-16H2,1-4H3,(H,25,27)/t17-,18+/m1/s1. The molecule has 156 valence electrons. The molecule has 1 aliphatic heterocycles. The molecular formula is C24H32N2O3.